The maximum absolute atomic E-state index is 13.4. The van der Waals surface area contributed by atoms with Crippen LogP contribution in [0.4, 0.5) is 26.3 Å². The predicted octanol–water partition coefficient (Wildman–Crippen LogP) is 6.56. The lowest BCUT2D eigenvalue weighted by Crippen LogP contribution is -2.07. The van der Waals surface area contributed by atoms with Gasteiger partial charge in [-0.05, 0) is 36.4 Å². The number of fused-ring (bicyclic) bond motifs is 3. The molecule has 0 aliphatic rings. The van der Waals surface area contributed by atoms with Crippen LogP contribution in [0.2, 0.25) is 0 Å². The molecule has 31 heavy (non-hydrogen) atoms. The Bertz CT molecular complexity index is 1330. The molecule has 4 rings (SSSR count). The smallest absolute Gasteiger partial charge is 0.307 e. The first-order valence-electron chi connectivity index (χ1n) is 8.72. The van der Waals surface area contributed by atoms with Crippen LogP contribution in [0.15, 0.2) is 54.6 Å². The number of nitrogens with zero attached hydrogens (tertiary/aromatic N) is 3. The van der Waals surface area contributed by atoms with Crippen LogP contribution in [0.3, 0.4) is 0 Å². The molecule has 4 aromatic rings. The van der Waals surface area contributed by atoms with Crippen molar-refractivity contribution in [3.05, 3.63) is 76.9 Å². The van der Waals surface area contributed by atoms with Crippen molar-refractivity contribution in [3.63, 3.8) is 0 Å². The largest absolute Gasteiger partial charge is 0.416 e. The van der Waals surface area contributed by atoms with Crippen molar-refractivity contribution in [2.45, 2.75) is 12.4 Å². The lowest BCUT2D eigenvalue weighted by Gasteiger charge is -2.14. The van der Waals surface area contributed by atoms with Gasteiger partial charge in [0.15, 0.2) is 0 Å². The minimum Gasteiger partial charge on any atom is -0.307 e. The summed E-state index contributed by atoms with van der Waals surface area (Å²) >= 11 is 0. The third kappa shape index (κ3) is 3.24. The molecule has 1 aromatic heterocycles. The summed E-state index contributed by atoms with van der Waals surface area (Å²) in [6.45, 7) is 0. The van der Waals surface area contributed by atoms with Gasteiger partial charge >= 0.3 is 12.4 Å². The van der Waals surface area contributed by atoms with E-state index in [0.29, 0.717) is 0 Å². The molecule has 0 atom stereocenters. The Morgan fingerprint density at radius 3 is 1.42 bits per heavy atom. The zero-order valence-corrected chi connectivity index (χ0v) is 15.3. The van der Waals surface area contributed by atoms with Crippen LogP contribution in [-0.4, -0.2) is 4.57 Å². The SMILES string of the molecule is N#Cc1cccc(C#N)c1-n1c2cc(C(F)(F)F)ccc2c2ccc(C(F)(F)F)cc21. The summed E-state index contributed by atoms with van der Waals surface area (Å²) in [6, 6.07) is 13.4. The second-order valence-electron chi connectivity index (χ2n) is 6.72. The average molecular weight is 429 g/mol. The van der Waals surface area contributed by atoms with Crippen LogP contribution in [0.1, 0.15) is 22.3 Å². The second-order valence-corrected chi connectivity index (χ2v) is 6.72. The van der Waals surface area contributed by atoms with Crippen LogP contribution >= 0.6 is 0 Å². The Labute approximate surface area is 171 Å². The molecule has 0 amide bonds. The van der Waals surface area contributed by atoms with E-state index in [9.17, 15) is 36.9 Å². The number of hydrogen-bond acceptors (Lipinski definition) is 2. The summed E-state index contributed by atoms with van der Waals surface area (Å²) < 4.78 is 81.2. The van der Waals surface area contributed by atoms with Gasteiger partial charge in [-0.2, -0.15) is 36.9 Å². The van der Waals surface area contributed by atoms with E-state index in [4.69, 9.17) is 0 Å². The van der Waals surface area contributed by atoms with E-state index < -0.39 is 23.5 Å². The predicted molar refractivity (Wildman–Crippen MR) is 100 cm³/mol. The van der Waals surface area contributed by atoms with Crippen molar-refractivity contribution >= 4 is 21.8 Å². The van der Waals surface area contributed by atoms with Crippen molar-refractivity contribution < 1.29 is 26.3 Å². The Morgan fingerprint density at radius 1 is 0.645 bits per heavy atom. The molecule has 0 fully saturated rings. The summed E-state index contributed by atoms with van der Waals surface area (Å²) in [4.78, 5) is 0. The first-order valence-corrected chi connectivity index (χ1v) is 8.72. The number of aromatic nitrogens is 1. The van der Waals surface area contributed by atoms with Gasteiger partial charge in [-0.3, -0.25) is 0 Å². The van der Waals surface area contributed by atoms with E-state index in [2.05, 4.69) is 0 Å². The molecule has 0 aliphatic carbocycles. The molecule has 0 N–H and O–H groups in total. The molecule has 0 aliphatic heterocycles. The minimum atomic E-state index is -4.70. The molecule has 9 heteroatoms. The van der Waals surface area contributed by atoms with Gasteiger partial charge in [-0.1, -0.05) is 18.2 Å². The molecule has 1 heterocycles. The average Bonchev–Trinajstić information content (AvgIpc) is 3.04. The first kappa shape index (κ1) is 20.3. The van der Waals surface area contributed by atoms with Gasteiger partial charge in [0, 0.05) is 10.8 Å². The molecule has 3 aromatic carbocycles. The van der Waals surface area contributed by atoms with Crippen molar-refractivity contribution in [3.8, 4) is 17.8 Å². The summed E-state index contributed by atoms with van der Waals surface area (Å²) in [7, 11) is 0. The van der Waals surface area contributed by atoms with Gasteiger partial charge in [0.2, 0.25) is 0 Å². The molecule has 154 valence electrons. The van der Waals surface area contributed by atoms with Crippen LogP contribution in [0, 0.1) is 22.7 Å². The van der Waals surface area contributed by atoms with Crippen LogP contribution in [0.5, 0.6) is 0 Å². The van der Waals surface area contributed by atoms with Crippen LogP contribution in [0.25, 0.3) is 27.5 Å². The Hall–Kier alpha value is -3.98. The van der Waals surface area contributed by atoms with E-state index in [1.807, 2.05) is 12.1 Å². The van der Waals surface area contributed by atoms with E-state index in [1.54, 1.807) is 0 Å². The summed E-state index contributed by atoms with van der Waals surface area (Å²) in [5, 5.41) is 19.5. The van der Waals surface area contributed by atoms with Crippen molar-refractivity contribution in [2.24, 2.45) is 0 Å². The maximum atomic E-state index is 13.4. The molecular weight excluding hydrogens is 420 g/mol. The normalized spacial score (nSPS) is 12.1. The standard InChI is InChI=1S/C22H9F6N3/c23-21(24,25)14-4-6-16-17-7-5-15(22(26,27)28)9-19(17)31(18(16)8-14)20-12(10-29)2-1-3-13(20)11-30/h1-9H. The lowest BCUT2D eigenvalue weighted by atomic mass is 10.1. The third-order valence-electron chi connectivity index (χ3n) is 4.92. The highest BCUT2D eigenvalue weighted by atomic mass is 19.4. The van der Waals surface area contributed by atoms with E-state index in [-0.39, 0.29) is 38.6 Å². The fourth-order valence-electron chi connectivity index (χ4n) is 3.58. The Morgan fingerprint density at radius 2 is 1.06 bits per heavy atom. The van der Waals surface area contributed by atoms with Gasteiger partial charge in [0.05, 0.1) is 39.0 Å². The van der Waals surface area contributed by atoms with Gasteiger partial charge in [0.1, 0.15) is 12.1 Å². The fraction of sp³-hybridized carbons (Fsp3) is 0.0909. The molecule has 0 radical (unpaired) electrons. The zero-order chi connectivity index (χ0) is 22.6. The number of benzene rings is 3. The molecule has 0 bridgehead atoms. The molecule has 0 unspecified atom stereocenters. The van der Waals surface area contributed by atoms with Gasteiger partial charge < -0.3 is 4.57 Å². The number of hydrogen-bond donors (Lipinski definition) is 0. The second kappa shape index (κ2) is 6.78. The quantitative estimate of drug-likeness (QED) is 0.322. The molecule has 0 saturated carbocycles. The minimum absolute atomic E-state index is 0.0623. The number of nitriles is 2. The summed E-state index contributed by atoms with van der Waals surface area (Å²) in [5.74, 6) is 0. The Kier molecular flexibility index (Phi) is 4.44. The first-order chi connectivity index (χ1) is 14.6. The topological polar surface area (TPSA) is 52.5 Å². The highest BCUT2D eigenvalue weighted by Gasteiger charge is 2.33. The molecular formula is C22H9F6N3. The number of para-hydroxylation sites is 1. The fourth-order valence-corrected chi connectivity index (χ4v) is 3.58. The molecule has 0 saturated heterocycles. The van der Waals surface area contributed by atoms with Crippen molar-refractivity contribution in [1.82, 2.24) is 4.57 Å². The molecule has 0 spiro atoms. The molecule has 3 nitrogen and oxygen atoms in total. The van der Waals surface area contributed by atoms with Crippen molar-refractivity contribution in [1.29, 1.82) is 10.5 Å². The van der Waals surface area contributed by atoms with Crippen LogP contribution in [-0.2, 0) is 12.4 Å². The number of alkyl halides is 6. The van der Waals surface area contributed by atoms with Gasteiger partial charge in [0.25, 0.3) is 0 Å². The van der Waals surface area contributed by atoms with E-state index >= 15 is 0 Å². The highest BCUT2D eigenvalue weighted by molar-refractivity contribution is 6.10. The zero-order valence-electron chi connectivity index (χ0n) is 15.3. The van der Waals surface area contributed by atoms with Crippen LogP contribution < -0.4 is 0 Å². The Balaban J connectivity index is 2.25. The van der Waals surface area contributed by atoms with Gasteiger partial charge in [-0.15, -0.1) is 0 Å². The number of halogens is 6. The summed E-state index contributed by atoms with van der Waals surface area (Å²) in [5.41, 5.74) is -2.35. The highest BCUT2D eigenvalue weighted by Crippen LogP contribution is 2.40. The third-order valence-corrected chi connectivity index (χ3v) is 4.92. The lowest BCUT2D eigenvalue weighted by molar-refractivity contribution is -0.138. The monoisotopic (exact) mass is 429 g/mol. The summed E-state index contributed by atoms with van der Waals surface area (Å²) in [6.07, 6.45) is -9.39. The van der Waals surface area contributed by atoms with Gasteiger partial charge in [-0.25, -0.2) is 0 Å². The maximum Gasteiger partial charge on any atom is 0.416 e. The van der Waals surface area contributed by atoms with E-state index in [0.717, 1.165) is 28.8 Å². The van der Waals surface area contributed by atoms with E-state index in [1.165, 1.54) is 30.3 Å². The number of rotatable bonds is 1. The van der Waals surface area contributed by atoms with Crippen molar-refractivity contribution in [2.75, 3.05) is 0 Å².